The van der Waals surface area contributed by atoms with Crippen LogP contribution < -0.4 is 5.43 Å². The molecule has 1 unspecified atom stereocenters. The topological polar surface area (TPSA) is 50.5 Å². The largest absolute Gasteiger partial charge is 0.450 e. The molecular weight excluding hydrogens is 358 g/mol. The summed E-state index contributed by atoms with van der Waals surface area (Å²) >= 11 is 3.40. The van der Waals surface area contributed by atoms with Gasteiger partial charge in [0.15, 0.2) is 5.43 Å². The molecule has 114 valence electrons. The van der Waals surface area contributed by atoms with Gasteiger partial charge in [0, 0.05) is 11.5 Å². The van der Waals surface area contributed by atoms with Gasteiger partial charge in [-0.25, -0.2) is 0 Å². The second-order valence-electron chi connectivity index (χ2n) is 5.54. The monoisotopic (exact) mass is 369 g/mol. The predicted molar refractivity (Wildman–Crippen MR) is 90.6 cm³/mol. The zero-order valence-electron chi connectivity index (χ0n) is 12.2. The molecule has 0 bridgehead atoms. The number of fused-ring (bicyclic) bond motifs is 2. The number of benzene rings is 2. The molecule has 1 aliphatic rings. The molecule has 0 fully saturated rings. The second-order valence-corrected chi connectivity index (χ2v) is 6.46. The molecule has 2 aromatic carbocycles. The quantitative estimate of drug-likeness (QED) is 0.656. The lowest BCUT2D eigenvalue weighted by molar-refractivity contribution is 0.0771. The summed E-state index contributed by atoms with van der Waals surface area (Å²) in [5, 5.41) is 0.497. The summed E-state index contributed by atoms with van der Waals surface area (Å²) in [7, 11) is 1.69. The zero-order valence-corrected chi connectivity index (χ0v) is 13.8. The number of halogens is 1. The van der Waals surface area contributed by atoms with Gasteiger partial charge in [-0.3, -0.25) is 9.59 Å². The van der Waals surface area contributed by atoms with Crippen molar-refractivity contribution in [1.29, 1.82) is 0 Å². The number of amides is 1. The van der Waals surface area contributed by atoms with Gasteiger partial charge in [0.25, 0.3) is 5.91 Å². The summed E-state index contributed by atoms with van der Waals surface area (Å²) < 4.78 is 6.69. The van der Waals surface area contributed by atoms with Gasteiger partial charge in [0.05, 0.1) is 17.0 Å². The molecule has 0 saturated heterocycles. The van der Waals surface area contributed by atoms with Gasteiger partial charge in [-0.05, 0) is 29.8 Å². The first-order valence-electron chi connectivity index (χ1n) is 7.16. The van der Waals surface area contributed by atoms with Gasteiger partial charge < -0.3 is 9.32 Å². The molecule has 1 aromatic heterocycles. The number of hydrogen-bond donors (Lipinski definition) is 0. The minimum absolute atomic E-state index is 0.143. The minimum atomic E-state index is -0.425. The molecule has 3 aromatic rings. The standard InChI is InChI=1S/C18H12BrNO3/c1-20-15(10-6-8-11(19)9-7-10)14-16(21)12-4-2-3-5-13(12)23-17(14)18(20)22/h2-9,15H,1H3. The van der Waals surface area contributed by atoms with Gasteiger partial charge >= 0.3 is 0 Å². The van der Waals surface area contributed by atoms with E-state index in [4.69, 9.17) is 4.42 Å². The lowest BCUT2D eigenvalue weighted by Crippen LogP contribution is -2.25. The van der Waals surface area contributed by atoms with E-state index in [1.54, 1.807) is 36.2 Å². The Morgan fingerprint density at radius 2 is 1.74 bits per heavy atom. The molecule has 0 spiro atoms. The maximum Gasteiger partial charge on any atom is 0.290 e. The Morgan fingerprint density at radius 1 is 1.04 bits per heavy atom. The molecular formula is C18H12BrNO3. The Balaban J connectivity index is 2.03. The maximum absolute atomic E-state index is 12.9. The second kappa shape index (κ2) is 5.06. The number of rotatable bonds is 1. The summed E-state index contributed by atoms with van der Waals surface area (Å²) in [5.74, 6) is -0.125. The van der Waals surface area contributed by atoms with Crippen molar-refractivity contribution in [3.8, 4) is 0 Å². The van der Waals surface area contributed by atoms with Crippen molar-refractivity contribution in [3.05, 3.63) is 80.1 Å². The van der Waals surface area contributed by atoms with E-state index in [-0.39, 0.29) is 17.1 Å². The van der Waals surface area contributed by atoms with Crippen LogP contribution in [-0.2, 0) is 0 Å². The highest BCUT2D eigenvalue weighted by molar-refractivity contribution is 9.10. The predicted octanol–water partition coefficient (Wildman–Crippen LogP) is 3.73. The Kier molecular flexibility index (Phi) is 3.13. The van der Waals surface area contributed by atoms with E-state index in [1.807, 2.05) is 24.3 Å². The Hall–Kier alpha value is -2.40. The number of carbonyl (C=O) groups excluding carboxylic acids is 1. The summed E-state index contributed by atoms with van der Waals surface area (Å²) in [4.78, 5) is 27.0. The fraction of sp³-hybridized carbons (Fsp3) is 0.111. The van der Waals surface area contributed by atoms with E-state index in [1.165, 1.54) is 0 Å². The highest BCUT2D eigenvalue weighted by Crippen LogP contribution is 2.37. The number of hydrogen-bond acceptors (Lipinski definition) is 3. The van der Waals surface area contributed by atoms with Crippen molar-refractivity contribution in [2.45, 2.75) is 6.04 Å². The lowest BCUT2D eigenvalue weighted by atomic mass is 9.99. The van der Waals surface area contributed by atoms with E-state index >= 15 is 0 Å². The Labute approximate surface area is 140 Å². The first-order valence-corrected chi connectivity index (χ1v) is 7.95. The van der Waals surface area contributed by atoms with Crippen LogP contribution in [0.1, 0.15) is 27.7 Å². The first-order chi connectivity index (χ1) is 11.1. The van der Waals surface area contributed by atoms with Crippen LogP contribution >= 0.6 is 15.9 Å². The average Bonchev–Trinajstić information content (AvgIpc) is 2.81. The molecule has 1 amide bonds. The molecule has 1 atom stereocenters. The number of carbonyl (C=O) groups is 1. The SMILES string of the molecule is CN1C(=O)c2oc3ccccc3c(=O)c2C1c1ccc(Br)cc1. The molecule has 5 heteroatoms. The molecule has 4 nitrogen and oxygen atoms in total. The Bertz CT molecular complexity index is 991. The van der Waals surface area contributed by atoms with Crippen molar-refractivity contribution in [2.24, 2.45) is 0 Å². The van der Waals surface area contributed by atoms with E-state index in [0.717, 1.165) is 10.0 Å². The van der Waals surface area contributed by atoms with Crippen molar-refractivity contribution in [2.75, 3.05) is 7.05 Å². The van der Waals surface area contributed by atoms with Crippen LogP contribution in [0.15, 0.2) is 62.2 Å². The van der Waals surface area contributed by atoms with E-state index in [9.17, 15) is 9.59 Å². The molecule has 2 heterocycles. The third-order valence-electron chi connectivity index (χ3n) is 4.19. The van der Waals surface area contributed by atoms with Gasteiger partial charge in [0.1, 0.15) is 5.58 Å². The molecule has 0 aliphatic carbocycles. The Morgan fingerprint density at radius 3 is 2.48 bits per heavy atom. The molecule has 1 aliphatic heterocycles. The molecule has 0 radical (unpaired) electrons. The molecule has 0 saturated carbocycles. The lowest BCUT2D eigenvalue weighted by Gasteiger charge is -2.20. The van der Waals surface area contributed by atoms with Crippen LogP contribution in [0.5, 0.6) is 0 Å². The maximum atomic E-state index is 12.9. The van der Waals surface area contributed by atoms with Crippen molar-refractivity contribution < 1.29 is 9.21 Å². The number of nitrogens with zero attached hydrogens (tertiary/aromatic N) is 1. The van der Waals surface area contributed by atoms with Crippen LogP contribution in [0.4, 0.5) is 0 Å². The smallest absolute Gasteiger partial charge is 0.290 e. The fourth-order valence-electron chi connectivity index (χ4n) is 3.07. The first kappa shape index (κ1) is 14.2. The highest BCUT2D eigenvalue weighted by Gasteiger charge is 2.40. The fourth-order valence-corrected chi connectivity index (χ4v) is 3.33. The van der Waals surface area contributed by atoms with Gasteiger partial charge in [-0.15, -0.1) is 0 Å². The third-order valence-corrected chi connectivity index (χ3v) is 4.72. The van der Waals surface area contributed by atoms with Gasteiger partial charge in [-0.1, -0.05) is 40.2 Å². The summed E-state index contributed by atoms with van der Waals surface area (Å²) in [5.41, 5.74) is 1.59. The van der Waals surface area contributed by atoms with Gasteiger partial charge in [-0.2, -0.15) is 0 Å². The summed E-state index contributed by atoms with van der Waals surface area (Å²) in [6.45, 7) is 0. The summed E-state index contributed by atoms with van der Waals surface area (Å²) in [6.07, 6.45) is 0. The zero-order chi connectivity index (χ0) is 16.1. The van der Waals surface area contributed by atoms with Crippen LogP contribution in [0.2, 0.25) is 0 Å². The van der Waals surface area contributed by atoms with Gasteiger partial charge in [0.2, 0.25) is 5.76 Å². The van der Waals surface area contributed by atoms with Crippen LogP contribution in [0.3, 0.4) is 0 Å². The highest BCUT2D eigenvalue weighted by atomic mass is 79.9. The van der Waals surface area contributed by atoms with E-state index in [0.29, 0.717) is 16.5 Å². The van der Waals surface area contributed by atoms with E-state index in [2.05, 4.69) is 15.9 Å². The number of para-hydroxylation sites is 1. The minimum Gasteiger partial charge on any atom is -0.450 e. The average molecular weight is 370 g/mol. The van der Waals surface area contributed by atoms with Crippen LogP contribution in [-0.4, -0.2) is 17.9 Å². The molecule has 0 N–H and O–H groups in total. The van der Waals surface area contributed by atoms with Crippen molar-refractivity contribution >= 4 is 32.8 Å². The molecule has 4 rings (SSSR count). The van der Waals surface area contributed by atoms with Crippen molar-refractivity contribution in [3.63, 3.8) is 0 Å². The molecule has 23 heavy (non-hydrogen) atoms. The van der Waals surface area contributed by atoms with E-state index < -0.39 is 6.04 Å². The normalized spacial score (nSPS) is 16.9. The third kappa shape index (κ3) is 2.04. The van der Waals surface area contributed by atoms with Crippen LogP contribution in [0, 0.1) is 0 Å². The summed E-state index contributed by atoms with van der Waals surface area (Å²) in [6, 6.07) is 14.2. The van der Waals surface area contributed by atoms with Crippen molar-refractivity contribution in [1.82, 2.24) is 4.90 Å². The van der Waals surface area contributed by atoms with Crippen LogP contribution in [0.25, 0.3) is 11.0 Å².